The Labute approximate surface area is 213 Å². The molecule has 1 aliphatic carbocycles. The van der Waals surface area contributed by atoms with E-state index in [2.05, 4.69) is 5.32 Å². The van der Waals surface area contributed by atoms with Gasteiger partial charge >= 0.3 is 0 Å². The molecule has 0 radical (unpaired) electrons. The number of nitrogens with zero attached hydrogens (tertiary/aromatic N) is 2. The number of amides is 2. The van der Waals surface area contributed by atoms with E-state index in [0.717, 1.165) is 37.5 Å². The van der Waals surface area contributed by atoms with Crippen molar-refractivity contribution in [2.45, 2.75) is 71.0 Å². The maximum absolute atomic E-state index is 13.4. The highest BCUT2D eigenvalue weighted by Gasteiger charge is 2.29. The van der Waals surface area contributed by atoms with Crippen molar-refractivity contribution in [2.24, 2.45) is 0 Å². The highest BCUT2D eigenvalue weighted by atomic mass is 32.2. The molecule has 196 valence electrons. The van der Waals surface area contributed by atoms with Crippen LogP contribution in [-0.4, -0.2) is 50.0 Å². The summed E-state index contributed by atoms with van der Waals surface area (Å²) in [5.41, 5.74) is 2.12. The predicted molar refractivity (Wildman–Crippen MR) is 139 cm³/mol. The van der Waals surface area contributed by atoms with E-state index in [4.69, 9.17) is 0 Å². The summed E-state index contributed by atoms with van der Waals surface area (Å²) in [6, 6.07) is 12.5. The average Bonchev–Trinajstić information content (AvgIpc) is 3.34. The summed E-state index contributed by atoms with van der Waals surface area (Å²) in [5, 5.41) is 3.05. The van der Waals surface area contributed by atoms with Crippen molar-refractivity contribution >= 4 is 27.5 Å². The van der Waals surface area contributed by atoms with E-state index in [1.807, 2.05) is 19.1 Å². The van der Waals surface area contributed by atoms with Crippen LogP contribution in [0, 0.1) is 12.7 Å². The number of hydrogen-bond acceptors (Lipinski definition) is 4. The third-order valence-corrected chi connectivity index (χ3v) is 7.85. The lowest BCUT2D eigenvalue weighted by atomic mass is 10.1. The van der Waals surface area contributed by atoms with E-state index >= 15 is 0 Å². The number of benzene rings is 2. The second-order valence-electron chi connectivity index (χ2n) is 9.54. The molecule has 0 aromatic heterocycles. The zero-order valence-electron chi connectivity index (χ0n) is 21.2. The Morgan fingerprint density at radius 1 is 1.08 bits per heavy atom. The summed E-state index contributed by atoms with van der Waals surface area (Å²) in [6.45, 7) is 3.84. The second kappa shape index (κ2) is 12.3. The summed E-state index contributed by atoms with van der Waals surface area (Å²) in [4.78, 5) is 27.8. The Balaban J connectivity index is 1.72. The maximum atomic E-state index is 13.4. The summed E-state index contributed by atoms with van der Waals surface area (Å²) >= 11 is 0. The molecule has 0 bridgehead atoms. The van der Waals surface area contributed by atoms with E-state index in [0.29, 0.717) is 11.3 Å². The first-order valence-corrected chi connectivity index (χ1v) is 14.3. The molecule has 9 heteroatoms. The normalized spacial score (nSPS) is 14.9. The van der Waals surface area contributed by atoms with E-state index in [-0.39, 0.29) is 49.6 Å². The van der Waals surface area contributed by atoms with Crippen LogP contribution in [0.25, 0.3) is 0 Å². The van der Waals surface area contributed by atoms with Crippen LogP contribution in [0.4, 0.5) is 10.1 Å². The van der Waals surface area contributed by atoms with Gasteiger partial charge in [0.1, 0.15) is 11.9 Å². The minimum Gasteiger partial charge on any atom is -0.352 e. The SMILES string of the molecule is Cc1ccccc1N(CCCC(=O)N(Cc1ccc(F)cc1)[C@@H](C)C(=O)NC1CCCC1)S(C)(=O)=O. The van der Waals surface area contributed by atoms with Gasteiger partial charge in [0, 0.05) is 25.6 Å². The highest BCUT2D eigenvalue weighted by molar-refractivity contribution is 7.92. The summed E-state index contributed by atoms with van der Waals surface area (Å²) in [7, 11) is -3.55. The van der Waals surface area contributed by atoms with Crippen LogP contribution < -0.4 is 9.62 Å². The molecule has 2 aromatic rings. The highest BCUT2D eigenvalue weighted by Crippen LogP contribution is 2.23. The molecule has 1 atom stereocenters. The van der Waals surface area contributed by atoms with Crippen LogP contribution >= 0.6 is 0 Å². The molecule has 3 rings (SSSR count). The number of nitrogens with one attached hydrogen (secondary N) is 1. The second-order valence-corrected chi connectivity index (χ2v) is 11.4. The van der Waals surface area contributed by atoms with Crippen molar-refractivity contribution < 1.29 is 22.4 Å². The molecule has 1 N–H and O–H groups in total. The van der Waals surface area contributed by atoms with Crippen LogP contribution in [0.1, 0.15) is 56.6 Å². The topological polar surface area (TPSA) is 86.8 Å². The lowest BCUT2D eigenvalue weighted by molar-refractivity contribution is -0.141. The Kier molecular flexibility index (Phi) is 9.48. The van der Waals surface area contributed by atoms with E-state index in [1.165, 1.54) is 21.3 Å². The molecule has 7 nitrogen and oxygen atoms in total. The van der Waals surface area contributed by atoms with Gasteiger partial charge < -0.3 is 10.2 Å². The van der Waals surface area contributed by atoms with E-state index in [9.17, 15) is 22.4 Å². The number of anilines is 1. The predicted octanol–water partition coefficient (Wildman–Crippen LogP) is 4.16. The number of hydrogen-bond donors (Lipinski definition) is 1. The summed E-state index contributed by atoms with van der Waals surface area (Å²) in [6.07, 6.45) is 5.54. The molecule has 1 aliphatic rings. The van der Waals surface area contributed by atoms with Gasteiger partial charge in [-0.3, -0.25) is 13.9 Å². The van der Waals surface area contributed by atoms with Gasteiger partial charge in [0.25, 0.3) is 0 Å². The molecule has 2 aromatic carbocycles. The first kappa shape index (κ1) is 27.6. The number of halogens is 1. The van der Waals surface area contributed by atoms with E-state index in [1.54, 1.807) is 31.2 Å². The molecular formula is C27H36FN3O4S. The quantitative estimate of drug-likeness (QED) is 0.485. The summed E-state index contributed by atoms with van der Waals surface area (Å²) in [5.74, 6) is -0.845. The van der Waals surface area contributed by atoms with Crippen LogP contribution in [0.3, 0.4) is 0 Å². The number of sulfonamides is 1. The largest absolute Gasteiger partial charge is 0.352 e. The lowest BCUT2D eigenvalue weighted by Crippen LogP contribution is -2.49. The molecule has 2 amide bonds. The average molecular weight is 518 g/mol. The summed E-state index contributed by atoms with van der Waals surface area (Å²) < 4.78 is 39.7. The fourth-order valence-electron chi connectivity index (χ4n) is 4.59. The Morgan fingerprint density at radius 3 is 2.33 bits per heavy atom. The van der Waals surface area contributed by atoms with Crippen molar-refractivity contribution in [2.75, 3.05) is 17.1 Å². The molecule has 0 spiro atoms. The molecule has 0 heterocycles. The smallest absolute Gasteiger partial charge is 0.242 e. The van der Waals surface area contributed by atoms with Crippen LogP contribution in [0.15, 0.2) is 48.5 Å². The molecular weight excluding hydrogens is 481 g/mol. The first-order valence-electron chi connectivity index (χ1n) is 12.4. The van der Waals surface area contributed by atoms with E-state index < -0.39 is 16.1 Å². The fourth-order valence-corrected chi connectivity index (χ4v) is 5.61. The monoisotopic (exact) mass is 517 g/mol. The number of carbonyl (C=O) groups excluding carboxylic acids is 2. The Hall–Kier alpha value is -2.94. The van der Waals surface area contributed by atoms with Crippen molar-refractivity contribution in [1.82, 2.24) is 10.2 Å². The molecule has 0 unspecified atom stereocenters. The zero-order chi connectivity index (χ0) is 26.3. The van der Waals surface area contributed by atoms with Gasteiger partial charge in [-0.05, 0) is 62.4 Å². The van der Waals surface area contributed by atoms with Crippen molar-refractivity contribution in [3.8, 4) is 0 Å². The standard InChI is InChI=1S/C27H36FN3O4S/c1-20-9-4-7-12-25(20)31(36(3,34)35)18-8-13-26(32)30(19-22-14-16-23(28)17-15-22)21(2)27(33)29-24-10-5-6-11-24/h4,7,9,12,14-17,21,24H,5-6,8,10-11,13,18-19H2,1-3H3,(H,29,33)/t21-/m0/s1. The molecule has 1 saturated carbocycles. The van der Waals surface area contributed by atoms with Crippen LogP contribution in [0.5, 0.6) is 0 Å². The number of para-hydroxylation sites is 1. The number of aryl methyl sites for hydroxylation is 1. The molecule has 0 aliphatic heterocycles. The van der Waals surface area contributed by atoms with Gasteiger partial charge in [-0.25, -0.2) is 12.8 Å². The minimum atomic E-state index is -3.55. The third kappa shape index (κ3) is 7.53. The van der Waals surface area contributed by atoms with Crippen molar-refractivity contribution in [3.05, 3.63) is 65.5 Å². The molecule has 36 heavy (non-hydrogen) atoms. The van der Waals surface area contributed by atoms with Gasteiger partial charge in [-0.2, -0.15) is 0 Å². The fraction of sp³-hybridized carbons (Fsp3) is 0.481. The Bertz CT molecular complexity index is 1150. The van der Waals surface area contributed by atoms with Crippen molar-refractivity contribution in [3.63, 3.8) is 0 Å². The van der Waals surface area contributed by atoms with Gasteiger partial charge in [0.2, 0.25) is 21.8 Å². The first-order chi connectivity index (χ1) is 17.1. The number of rotatable bonds is 11. The van der Waals surface area contributed by atoms with Gasteiger partial charge in [-0.15, -0.1) is 0 Å². The van der Waals surface area contributed by atoms with Gasteiger partial charge in [0.15, 0.2) is 0 Å². The Morgan fingerprint density at radius 2 is 1.72 bits per heavy atom. The van der Waals surface area contributed by atoms with Crippen LogP contribution in [-0.2, 0) is 26.2 Å². The zero-order valence-corrected chi connectivity index (χ0v) is 22.1. The minimum absolute atomic E-state index is 0.0696. The molecule has 0 saturated heterocycles. The molecule has 1 fully saturated rings. The third-order valence-electron chi connectivity index (χ3n) is 6.67. The van der Waals surface area contributed by atoms with Crippen molar-refractivity contribution in [1.29, 1.82) is 0 Å². The van der Waals surface area contributed by atoms with Gasteiger partial charge in [0.05, 0.1) is 11.9 Å². The number of carbonyl (C=O) groups is 2. The van der Waals surface area contributed by atoms with Crippen LogP contribution in [0.2, 0.25) is 0 Å². The van der Waals surface area contributed by atoms with Gasteiger partial charge in [-0.1, -0.05) is 43.2 Å². The maximum Gasteiger partial charge on any atom is 0.242 e. The lowest BCUT2D eigenvalue weighted by Gasteiger charge is -2.30.